The lowest BCUT2D eigenvalue weighted by atomic mass is 10.0. The molecular weight excluding hydrogens is 256 g/mol. The molecule has 1 aliphatic rings. The molecule has 2 N–H and O–H groups in total. The maximum absolute atomic E-state index is 12.2. The molecule has 0 bridgehead atoms. The molecule has 2 amide bonds. The van der Waals surface area contributed by atoms with E-state index in [-0.39, 0.29) is 24.5 Å². The Labute approximate surface area is 118 Å². The predicted molar refractivity (Wildman–Crippen MR) is 76.8 cm³/mol. The van der Waals surface area contributed by atoms with Crippen molar-refractivity contribution in [1.82, 2.24) is 4.90 Å². The molecule has 0 saturated carbocycles. The fourth-order valence-corrected chi connectivity index (χ4v) is 2.55. The van der Waals surface area contributed by atoms with Crippen molar-refractivity contribution in [3.63, 3.8) is 0 Å². The van der Waals surface area contributed by atoms with Crippen molar-refractivity contribution < 1.29 is 14.7 Å². The first-order valence-electron chi connectivity index (χ1n) is 6.82. The molecule has 1 aromatic carbocycles. The van der Waals surface area contributed by atoms with Gasteiger partial charge in [-0.2, -0.15) is 0 Å². The number of nitrogens with one attached hydrogen (secondary N) is 1. The first kappa shape index (κ1) is 14.5. The van der Waals surface area contributed by atoms with Gasteiger partial charge in [-0.05, 0) is 31.4 Å². The van der Waals surface area contributed by atoms with Gasteiger partial charge < -0.3 is 15.3 Å². The van der Waals surface area contributed by atoms with Gasteiger partial charge in [-0.15, -0.1) is 0 Å². The number of carbonyl (C=O) groups excluding carboxylic acids is 2. The second-order valence-electron chi connectivity index (χ2n) is 5.28. The van der Waals surface area contributed by atoms with E-state index in [1.165, 1.54) is 6.92 Å². The van der Waals surface area contributed by atoms with Gasteiger partial charge in [0, 0.05) is 17.8 Å². The molecule has 2 rings (SSSR count). The Kier molecular flexibility index (Phi) is 4.39. The van der Waals surface area contributed by atoms with E-state index in [4.69, 9.17) is 0 Å². The number of nitrogens with zero attached hydrogens (tertiary/aromatic N) is 1. The van der Waals surface area contributed by atoms with Crippen LogP contribution in [0.3, 0.4) is 0 Å². The first-order chi connectivity index (χ1) is 9.52. The van der Waals surface area contributed by atoms with E-state index in [0.717, 1.165) is 6.42 Å². The van der Waals surface area contributed by atoms with Crippen LogP contribution in [0.2, 0.25) is 0 Å². The number of hydrogen-bond donors (Lipinski definition) is 2. The third-order valence-corrected chi connectivity index (χ3v) is 3.85. The zero-order valence-corrected chi connectivity index (χ0v) is 11.8. The van der Waals surface area contributed by atoms with Crippen molar-refractivity contribution in [2.24, 2.45) is 5.92 Å². The Balaban J connectivity index is 2.08. The minimum absolute atomic E-state index is 0.0257. The number of Topliss-reactive ketones (excluding diaryl/α,β-unsaturated/α-hetero) is 1. The van der Waals surface area contributed by atoms with Crippen molar-refractivity contribution in [3.8, 4) is 0 Å². The van der Waals surface area contributed by atoms with Crippen LogP contribution in [0.1, 0.15) is 30.6 Å². The van der Waals surface area contributed by atoms with Gasteiger partial charge in [0.1, 0.15) is 0 Å². The lowest BCUT2D eigenvalue weighted by molar-refractivity contribution is 0.101. The van der Waals surface area contributed by atoms with E-state index >= 15 is 0 Å². The maximum Gasteiger partial charge on any atom is 0.322 e. The van der Waals surface area contributed by atoms with Gasteiger partial charge in [0.15, 0.2) is 5.78 Å². The zero-order valence-electron chi connectivity index (χ0n) is 11.8. The van der Waals surface area contributed by atoms with Crippen LogP contribution >= 0.6 is 0 Å². The van der Waals surface area contributed by atoms with Gasteiger partial charge in [-0.3, -0.25) is 4.79 Å². The summed E-state index contributed by atoms with van der Waals surface area (Å²) in [5.74, 6) is 0.262. The van der Waals surface area contributed by atoms with Crippen LogP contribution in [0.4, 0.5) is 10.5 Å². The van der Waals surface area contributed by atoms with Crippen LogP contribution in [-0.2, 0) is 0 Å². The summed E-state index contributed by atoms with van der Waals surface area (Å²) in [7, 11) is 0. The van der Waals surface area contributed by atoms with Gasteiger partial charge >= 0.3 is 6.03 Å². The topological polar surface area (TPSA) is 69.6 Å². The average Bonchev–Trinajstić information content (AvgIpc) is 2.80. The third kappa shape index (κ3) is 2.99. The summed E-state index contributed by atoms with van der Waals surface area (Å²) in [5.41, 5.74) is 1.16. The monoisotopic (exact) mass is 276 g/mol. The number of aliphatic hydroxyl groups excluding tert-OH is 1. The van der Waals surface area contributed by atoms with E-state index in [9.17, 15) is 14.7 Å². The molecule has 20 heavy (non-hydrogen) atoms. The van der Waals surface area contributed by atoms with Gasteiger partial charge in [0.2, 0.25) is 0 Å². The molecule has 1 aromatic rings. The van der Waals surface area contributed by atoms with Crippen LogP contribution in [0.15, 0.2) is 24.3 Å². The highest BCUT2D eigenvalue weighted by atomic mass is 16.3. The molecule has 1 heterocycles. The highest BCUT2D eigenvalue weighted by molar-refractivity contribution is 5.96. The summed E-state index contributed by atoms with van der Waals surface area (Å²) in [6.07, 6.45) is 0.895. The van der Waals surface area contributed by atoms with Crippen molar-refractivity contribution in [2.75, 3.05) is 18.5 Å². The summed E-state index contributed by atoms with van der Waals surface area (Å²) in [4.78, 5) is 25.2. The van der Waals surface area contributed by atoms with E-state index < -0.39 is 0 Å². The van der Waals surface area contributed by atoms with E-state index in [2.05, 4.69) is 5.32 Å². The molecule has 1 saturated heterocycles. The quantitative estimate of drug-likeness (QED) is 0.831. The second kappa shape index (κ2) is 6.05. The summed E-state index contributed by atoms with van der Waals surface area (Å²) in [6.45, 7) is 4.14. The molecule has 1 fully saturated rings. The second-order valence-corrected chi connectivity index (χ2v) is 5.28. The molecular formula is C15H20N2O3. The van der Waals surface area contributed by atoms with Crippen LogP contribution in [0.5, 0.6) is 0 Å². The third-order valence-electron chi connectivity index (χ3n) is 3.85. The molecule has 0 spiro atoms. The van der Waals surface area contributed by atoms with Gasteiger partial charge in [-0.1, -0.05) is 19.1 Å². The number of anilines is 1. The average molecular weight is 276 g/mol. The number of aliphatic hydroxyl groups is 1. The normalized spacial score (nSPS) is 21.9. The molecule has 0 aromatic heterocycles. The van der Waals surface area contributed by atoms with Gasteiger partial charge in [0.05, 0.1) is 12.6 Å². The summed E-state index contributed by atoms with van der Waals surface area (Å²) in [6, 6.07) is 6.50. The smallest absolute Gasteiger partial charge is 0.322 e. The van der Waals surface area contributed by atoms with Crippen LogP contribution < -0.4 is 5.32 Å². The summed E-state index contributed by atoms with van der Waals surface area (Å²) < 4.78 is 0. The molecule has 0 radical (unpaired) electrons. The number of hydrogen-bond acceptors (Lipinski definition) is 3. The van der Waals surface area contributed by atoms with Crippen LogP contribution in [0.25, 0.3) is 0 Å². The van der Waals surface area contributed by atoms with E-state index in [0.29, 0.717) is 23.7 Å². The van der Waals surface area contributed by atoms with Crippen LogP contribution in [-0.4, -0.2) is 41.0 Å². The SMILES string of the molecule is CC(=O)c1cccc(NC(=O)N2CCC(C)C2CO)c1. The number of carbonyl (C=O) groups is 2. The molecule has 2 atom stereocenters. The Morgan fingerprint density at radius 1 is 1.45 bits per heavy atom. The van der Waals surface area contributed by atoms with Crippen molar-refractivity contribution in [2.45, 2.75) is 26.3 Å². The number of likely N-dealkylation sites (tertiary alicyclic amines) is 1. The highest BCUT2D eigenvalue weighted by Crippen LogP contribution is 2.24. The molecule has 2 unspecified atom stereocenters. The minimum atomic E-state index is -0.228. The van der Waals surface area contributed by atoms with Crippen molar-refractivity contribution in [1.29, 1.82) is 0 Å². The number of rotatable bonds is 3. The van der Waals surface area contributed by atoms with Crippen LogP contribution in [0, 0.1) is 5.92 Å². The molecule has 5 heteroatoms. The summed E-state index contributed by atoms with van der Waals surface area (Å²) >= 11 is 0. The summed E-state index contributed by atoms with van der Waals surface area (Å²) in [5, 5.41) is 12.2. The number of amides is 2. The Morgan fingerprint density at radius 3 is 2.85 bits per heavy atom. The lowest BCUT2D eigenvalue weighted by Crippen LogP contribution is -2.42. The van der Waals surface area contributed by atoms with Gasteiger partial charge in [0.25, 0.3) is 0 Å². The molecule has 0 aliphatic carbocycles. The fraction of sp³-hybridized carbons (Fsp3) is 0.467. The van der Waals surface area contributed by atoms with E-state index in [1.807, 2.05) is 6.92 Å². The minimum Gasteiger partial charge on any atom is -0.394 e. The Hall–Kier alpha value is -1.88. The van der Waals surface area contributed by atoms with E-state index in [1.54, 1.807) is 29.2 Å². The fourth-order valence-electron chi connectivity index (χ4n) is 2.55. The molecule has 1 aliphatic heterocycles. The Morgan fingerprint density at radius 2 is 2.20 bits per heavy atom. The first-order valence-corrected chi connectivity index (χ1v) is 6.82. The lowest BCUT2D eigenvalue weighted by Gasteiger charge is -2.25. The highest BCUT2D eigenvalue weighted by Gasteiger charge is 2.33. The van der Waals surface area contributed by atoms with Crippen molar-refractivity contribution in [3.05, 3.63) is 29.8 Å². The van der Waals surface area contributed by atoms with Gasteiger partial charge in [-0.25, -0.2) is 4.79 Å². The molecule has 108 valence electrons. The standard InChI is InChI=1S/C15H20N2O3/c1-10-6-7-17(14(10)9-18)15(20)16-13-5-3-4-12(8-13)11(2)19/h3-5,8,10,14,18H,6-7,9H2,1-2H3,(H,16,20). The van der Waals surface area contributed by atoms with Crippen molar-refractivity contribution >= 4 is 17.5 Å². The number of benzene rings is 1. The Bertz CT molecular complexity index is 516. The predicted octanol–water partition coefficient (Wildman–Crippen LogP) is 2.12. The molecule has 5 nitrogen and oxygen atoms in total. The number of urea groups is 1. The zero-order chi connectivity index (χ0) is 14.7. The largest absolute Gasteiger partial charge is 0.394 e. The maximum atomic E-state index is 12.2. The number of ketones is 1.